The minimum Gasteiger partial charge on any atom is -0.391 e. The summed E-state index contributed by atoms with van der Waals surface area (Å²) in [5, 5.41) is 17.4. The van der Waals surface area contributed by atoms with Crippen molar-refractivity contribution in [2.24, 2.45) is 0 Å². The molecule has 1 aromatic heterocycles. The summed E-state index contributed by atoms with van der Waals surface area (Å²) in [5.41, 5.74) is 2.33. The van der Waals surface area contributed by atoms with Gasteiger partial charge in [0, 0.05) is 13.1 Å². The molecule has 20 heavy (non-hydrogen) atoms. The van der Waals surface area contributed by atoms with Gasteiger partial charge in [0.2, 0.25) is 0 Å². The van der Waals surface area contributed by atoms with Gasteiger partial charge in [-0.15, -0.1) is 5.10 Å². The van der Waals surface area contributed by atoms with Crippen LogP contribution in [0.3, 0.4) is 0 Å². The smallest absolute Gasteiger partial charge is 0.276 e. The molecule has 0 saturated carbocycles. The highest BCUT2D eigenvalue weighted by Gasteiger charge is 2.27. The fourth-order valence-electron chi connectivity index (χ4n) is 2.27. The molecule has 2 heterocycles. The van der Waals surface area contributed by atoms with Gasteiger partial charge in [0.25, 0.3) is 5.91 Å². The standard InChI is InChI=1S/C14H16N4O2/c1-10-2-4-11(5-3-10)18-9-13(15-16-18)14(20)17-7-6-12(19)8-17/h2-5,9,12,19H,6-8H2,1H3/t12-/m0/s1. The van der Waals surface area contributed by atoms with Crippen molar-refractivity contribution in [3.63, 3.8) is 0 Å². The second kappa shape index (κ2) is 5.05. The topological polar surface area (TPSA) is 71.2 Å². The van der Waals surface area contributed by atoms with Gasteiger partial charge in [-0.25, -0.2) is 4.68 Å². The van der Waals surface area contributed by atoms with Crippen molar-refractivity contribution in [2.45, 2.75) is 19.4 Å². The van der Waals surface area contributed by atoms with Gasteiger partial charge in [-0.2, -0.15) is 0 Å². The number of rotatable bonds is 2. The second-order valence-corrected chi connectivity index (χ2v) is 5.08. The first-order valence-electron chi connectivity index (χ1n) is 6.60. The van der Waals surface area contributed by atoms with E-state index >= 15 is 0 Å². The van der Waals surface area contributed by atoms with Crippen LogP contribution in [-0.4, -0.2) is 50.1 Å². The van der Waals surface area contributed by atoms with Crippen molar-refractivity contribution < 1.29 is 9.90 Å². The maximum atomic E-state index is 12.2. The summed E-state index contributed by atoms with van der Waals surface area (Å²) in [6, 6.07) is 7.82. The van der Waals surface area contributed by atoms with Gasteiger partial charge in [-0.1, -0.05) is 22.9 Å². The number of nitrogens with zero attached hydrogens (tertiary/aromatic N) is 4. The fourth-order valence-corrected chi connectivity index (χ4v) is 2.27. The Morgan fingerprint density at radius 3 is 2.75 bits per heavy atom. The molecule has 1 atom stereocenters. The predicted molar refractivity (Wildman–Crippen MR) is 72.6 cm³/mol. The second-order valence-electron chi connectivity index (χ2n) is 5.08. The first-order chi connectivity index (χ1) is 9.63. The lowest BCUT2D eigenvalue weighted by molar-refractivity contribution is 0.0759. The molecule has 1 aromatic carbocycles. The Bertz CT molecular complexity index is 620. The molecule has 1 aliphatic rings. The number of carbonyl (C=O) groups excluding carboxylic acids is 1. The Morgan fingerprint density at radius 2 is 2.10 bits per heavy atom. The van der Waals surface area contributed by atoms with Crippen LogP contribution in [0.25, 0.3) is 5.69 Å². The number of benzene rings is 1. The van der Waals surface area contributed by atoms with E-state index in [1.54, 1.807) is 15.8 Å². The third kappa shape index (κ3) is 2.42. The van der Waals surface area contributed by atoms with Crippen molar-refractivity contribution >= 4 is 5.91 Å². The predicted octanol–water partition coefficient (Wildman–Crippen LogP) is 0.783. The summed E-state index contributed by atoms with van der Waals surface area (Å²) in [6.45, 7) is 2.95. The van der Waals surface area contributed by atoms with E-state index in [0.29, 0.717) is 25.2 Å². The van der Waals surface area contributed by atoms with E-state index in [9.17, 15) is 9.90 Å². The molecule has 2 aromatic rings. The van der Waals surface area contributed by atoms with Gasteiger partial charge in [0.05, 0.1) is 18.0 Å². The Morgan fingerprint density at radius 1 is 1.35 bits per heavy atom. The number of aromatic nitrogens is 3. The lowest BCUT2D eigenvalue weighted by Gasteiger charge is -2.12. The molecule has 6 nitrogen and oxygen atoms in total. The molecule has 0 bridgehead atoms. The van der Waals surface area contributed by atoms with E-state index < -0.39 is 6.10 Å². The normalized spacial score (nSPS) is 18.5. The van der Waals surface area contributed by atoms with Crippen LogP contribution in [0, 0.1) is 6.92 Å². The van der Waals surface area contributed by atoms with Crippen molar-refractivity contribution in [3.8, 4) is 5.69 Å². The van der Waals surface area contributed by atoms with Gasteiger partial charge in [-0.05, 0) is 25.5 Å². The number of hydrogen-bond acceptors (Lipinski definition) is 4. The van der Waals surface area contributed by atoms with E-state index in [0.717, 1.165) is 11.3 Å². The van der Waals surface area contributed by atoms with E-state index in [2.05, 4.69) is 10.3 Å². The summed E-state index contributed by atoms with van der Waals surface area (Å²) < 4.78 is 1.58. The Hall–Kier alpha value is -2.21. The van der Waals surface area contributed by atoms with Gasteiger partial charge in [-0.3, -0.25) is 4.79 Å². The lowest BCUT2D eigenvalue weighted by Crippen LogP contribution is -2.29. The summed E-state index contributed by atoms with van der Waals surface area (Å²) in [4.78, 5) is 13.8. The molecule has 6 heteroatoms. The van der Waals surface area contributed by atoms with Crippen molar-refractivity contribution in [1.29, 1.82) is 0 Å². The number of aryl methyl sites for hydroxylation is 1. The average Bonchev–Trinajstić information content (AvgIpc) is 3.08. The highest BCUT2D eigenvalue weighted by atomic mass is 16.3. The molecule has 0 unspecified atom stereocenters. The largest absolute Gasteiger partial charge is 0.391 e. The number of hydrogen-bond donors (Lipinski definition) is 1. The molecule has 1 amide bonds. The van der Waals surface area contributed by atoms with E-state index in [1.807, 2.05) is 31.2 Å². The van der Waals surface area contributed by atoms with Gasteiger partial charge in [0.1, 0.15) is 0 Å². The van der Waals surface area contributed by atoms with Crippen molar-refractivity contribution in [2.75, 3.05) is 13.1 Å². The van der Waals surface area contributed by atoms with Crippen LogP contribution >= 0.6 is 0 Å². The highest BCUT2D eigenvalue weighted by Crippen LogP contribution is 2.13. The molecule has 3 rings (SSSR count). The van der Waals surface area contributed by atoms with E-state index in [4.69, 9.17) is 0 Å². The Labute approximate surface area is 116 Å². The van der Waals surface area contributed by atoms with Crippen LogP contribution in [0.4, 0.5) is 0 Å². The van der Waals surface area contributed by atoms with Crippen molar-refractivity contribution in [1.82, 2.24) is 19.9 Å². The zero-order valence-corrected chi connectivity index (χ0v) is 11.2. The third-order valence-corrected chi connectivity index (χ3v) is 3.46. The maximum Gasteiger partial charge on any atom is 0.276 e. The zero-order valence-electron chi connectivity index (χ0n) is 11.2. The van der Waals surface area contributed by atoms with Gasteiger partial charge in [0.15, 0.2) is 5.69 Å². The maximum absolute atomic E-state index is 12.2. The number of amides is 1. The summed E-state index contributed by atoms with van der Waals surface area (Å²) in [5.74, 6) is -0.181. The van der Waals surface area contributed by atoms with Crippen LogP contribution in [0.5, 0.6) is 0 Å². The van der Waals surface area contributed by atoms with Crippen LogP contribution < -0.4 is 0 Å². The first-order valence-corrected chi connectivity index (χ1v) is 6.60. The number of β-amino-alcohol motifs (C(OH)–C–C–N with tert-alkyl or cyclic N) is 1. The number of aliphatic hydroxyl groups excluding tert-OH is 1. The molecular weight excluding hydrogens is 256 g/mol. The van der Waals surface area contributed by atoms with Crippen LogP contribution in [0.15, 0.2) is 30.5 Å². The van der Waals surface area contributed by atoms with Gasteiger partial charge >= 0.3 is 0 Å². The molecule has 0 spiro atoms. The van der Waals surface area contributed by atoms with Crippen LogP contribution in [0.1, 0.15) is 22.5 Å². The lowest BCUT2D eigenvalue weighted by atomic mass is 10.2. The average molecular weight is 272 g/mol. The SMILES string of the molecule is Cc1ccc(-n2cc(C(=O)N3CC[C@H](O)C3)nn2)cc1. The van der Waals surface area contributed by atoms with Crippen molar-refractivity contribution in [3.05, 3.63) is 41.7 Å². The fraction of sp³-hybridized carbons (Fsp3) is 0.357. The molecule has 104 valence electrons. The highest BCUT2D eigenvalue weighted by molar-refractivity contribution is 5.92. The summed E-state index contributed by atoms with van der Waals surface area (Å²) in [6.07, 6.45) is 1.82. The molecule has 0 aliphatic carbocycles. The van der Waals surface area contributed by atoms with Crippen LogP contribution in [0.2, 0.25) is 0 Å². The molecule has 0 radical (unpaired) electrons. The first kappa shape index (κ1) is 12.8. The minimum absolute atomic E-state index is 0.181. The van der Waals surface area contributed by atoms with E-state index in [-0.39, 0.29) is 5.91 Å². The van der Waals surface area contributed by atoms with E-state index in [1.165, 1.54) is 0 Å². The Balaban J connectivity index is 1.79. The Kier molecular flexibility index (Phi) is 3.23. The molecule has 1 saturated heterocycles. The number of likely N-dealkylation sites (tertiary alicyclic amines) is 1. The molecule has 1 N–H and O–H groups in total. The third-order valence-electron chi connectivity index (χ3n) is 3.46. The molecular formula is C14H16N4O2. The monoisotopic (exact) mass is 272 g/mol. The number of aliphatic hydroxyl groups is 1. The quantitative estimate of drug-likeness (QED) is 0.877. The molecule has 1 fully saturated rings. The summed E-state index contributed by atoms with van der Waals surface area (Å²) in [7, 11) is 0. The minimum atomic E-state index is -0.425. The molecule has 1 aliphatic heterocycles. The zero-order chi connectivity index (χ0) is 14.1. The summed E-state index contributed by atoms with van der Waals surface area (Å²) >= 11 is 0. The van der Waals surface area contributed by atoms with Crippen LogP contribution in [-0.2, 0) is 0 Å². The van der Waals surface area contributed by atoms with Gasteiger partial charge < -0.3 is 10.0 Å². The number of carbonyl (C=O) groups is 1.